The molecule has 1 aromatic carbocycles. The van der Waals surface area contributed by atoms with Crippen LogP contribution >= 0.6 is 24.0 Å². The molecule has 1 fully saturated rings. The van der Waals surface area contributed by atoms with Crippen LogP contribution in [0.1, 0.15) is 5.56 Å². The van der Waals surface area contributed by atoms with Gasteiger partial charge in [-0.05, 0) is 12.1 Å². The van der Waals surface area contributed by atoms with Gasteiger partial charge in [-0.2, -0.15) is 0 Å². The standard InChI is InChI=1S/C16H16ClF2N3O.ClH/c17-12-2-1-11(13(18)7-12)10-23-15-8-16(21-9-14(15)19)22-5-3-20-4-6-22;/h1-2,7-9,20H,3-6,10H2;1H. The highest BCUT2D eigenvalue weighted by atomic mass is 35.5. The van der Waals surface area contributed by atoms with Crippen LogP contribution in [0.3, 0.4) is 0 Å². The first-order valence-corrected chi connectivity index (χ1v) is 7.69. The average molecular weight is 376 g/mol. The van der Waals surface area contributed by atoms with Crippen LogP contribution in [0.25, 0.3) is 0 Å². The first kappa shape index (κ1) is 18.7. The number of pyridine rings is 1. The number of aromatic nitrogens is 1. The van der Waals surface area contributed by atoms with E-state index in [-0.39, 0.29) is 24.8 Å². The molecular formula is C16H17Cl2F2N3O. The van der Waals surface area contributed by atoms with E-state index in [0.29, 0.717) is 16.4 Å². The molecule has 0 amide bonds. The Morgan fingerprint density at radius 2 is 1.92 bits per heavy atom. The van der Waals surface area contributed by atoms with E-state index in [1.54, 1.807) is 12.1 Å². The molecule has 0 unspecified atom stereocenters. The van der Waals surface area contributed by atoms with Crippen LogP contribution in [0.4, 0.5) is 14.6 Å². The van der Waals surface area contributed by atoms with Gasteiger partial charge in [0.2, 0.25) is 0 Å². The van der Waals surface area contributed by atoms with Crippen molar-refractivity contribution in [3.63, 3.8) is 0 Å². The van der Waals surface area contributed by atoms with Crippen LogP contribution in [0.15, 0.2) is 30.5 Å². The van der Waals surface area contributed by atoms with Crippen molar-refractivity contribution in [3.8, 4) is 5.75 Å². The van der Waals surface area contributed by atoms with Crippen LogP contribution in [0.5, 0.6) is 5.75 Å². The molecule has 24 heavy (non-hydrogen) atoms. The number of halogens is 4. The molecule has 2 aromatic rings. The molecule has 0 spiro atoms. The van der Waals surface area contributed by atoms with Crippen molar-refractivity contribution in [2.45, 2.75) is 6.61 Å². The number of hydrogen-bond acceptors (Lipinski definition) is 4. The Bertz CT molecular complexity index is 697. The van der Waals surface area contributed by atoms with Gasteiger partial charge >= 0.3 is 0 Å². The number of hydrogen-bond donors (Lipinski definition) is 1. The van der Waals surface area contributed by atoms with Crippen molar-refractivity contribution in [2.75, 3.05) is 31.1 Å². The van der Waals surface area contributed by atoms with Crippen molar-refractivity contribution in [2.24, 2.45) is 0 Å². The summed E-state index contributed by atoms with van der Waals surface area (Å²) in [7, 11) is 0. The fourth-order valence-electron chi connectivity index (χ4n) is 2.38. The van der Waals surface area contributed by atoms with Crippen molar-refractivity contribution in [1.82, 2.24) is 10.3 Å². The van der Waals surface area contributed by atoms with Crippen LogP contribution in [-0.2, 0) is 6.61 Å². The lowest BCUT2D eigenvalue weighted by Gasteiger charge is -2.28. The van der Waals surface area contributed by atoms with Crippen LogP contribution in [0, 0.1) is 11.6 Å². The second-order valence-corrected chi connectivity index (χ2v) is 5.67. The molecule has 0 radical (unpaired) electrons. The monoisotopic (exact) mass is 375 g/mol. The summed E-state index contributed by atoms with van der Waals surface area (Å²) < 4.78 is 33.0. The molecule has 0 bridgehead atoms. The van der Waals surface area contributed by atoms with Gasteiger partial charge in [0.05, 0.1) is 6.20 Å². The molecule has 130 valence electrons. The lowest BCUT2D eigenvalue weighted by atomic mass is 10.2. The van der Waals surface area contributed by atoms with E-state index in [2.05, 4.69) is 10.3 Å². The van der Waals surface area contributed by atoms with Gasteiger partial charge in [0, 0.05) is 42.8 Å². The van der Waals surface area contributed by atoms with E-state index in [1.807, 2.05) is 4.90 Å². The molecule has 0 saturated carbocycles. The summed E-state index contributed by atoms with van der Waals surface area (Å²) in [5, 5.41) is 3.55. The summed E-state index contributed by atoms with van der Waals surface area (Å²) in [6.07, 6.45) is 1.13. The van der Waals surface area contributed by atoms with E-state index in [4.69, 9.17) is 16.3 Å². The Hall–Kier alpha value is -1.63. The Morgan fingerprint density at radius 1 is 1.17 bits per heavy atom. The second-order valence-electron chi connectivity index (χ2n) is 5.23. The van der Waals surface area contributed by atoms with Gasteiger partial charge in [-0.3, -0.25) is 0 Å². The molecule has 1 aliphatic rings. The predicted octanol–water partition coefficient (Wildman–Crippen LogP) is 3.42. The zero-order valence-electron chi connectivity index (χ0n) is 12.8. The first-order chi connectivity index (χ1) is 11.1. The molecular weight excluding hydrogens is 359 g/mol. The highest BCUT2D eigenvalue weighted by Crippen LogP contribution is 2.24. The van der Waals surface area contributed by atoms with Crippen LogP contribution in [-0.4, -0.2) is 31.2 Å². The number of nitrogens with one attached hydrogen (secondary N) is 1. The minimum absolute atomic E-state index is 0. The Morgan fingerprint density at radius 3 is 2.62 bits per heavy atom. The summed E-state index contributed by atoms with van der Waals surface area (Å²) in [6, 6.07) is 5.84. The fourth-order valence-corrected chi connectivity index (χ4v) is 2.54. The SMILES string of the molecule is Cl.Fc1cc(Cl)ccc1COc1cc(N2CCNCC2)ncc1F. The quantitative estimate of drug-likeness (QED) is 0.888. The molecule has 1 saturated heterocycles. The topological polar surface area (TPSA) is 37.4 Å². The molecule has 1 aromatic heterocycles. The number of benzene rings is 1. The lowest BCUT2D eigenvalue weighted by Crippen LogP contribution is -2.43. The number of nitrogens with zero attached hydrogens (tertiary/aromatic N) is 2. The average Bonchev–Trinajstić information content (AvgIpc) is 2.56. The number of ether oxygens (including phenoxy) is 1. The van der Waals surface area contributed by atoms with E-state index in [0.717, 1.165) is 32.4 Å². The van der Waals surface area contributed by atoms with Crippen molar-refractivity contribution in [1.29, 1.82) is 0 Å². The number of rotatable bonds is 4. The maximum Gasteiger partial charge on any atom is 0.183 e. The Balaban J connectivity index is 0.00000208. The summed E-state index contributed by atoms with van der Waals surface area (Å²) in [5.41, 5.74) is 0.314. The second kappa shape index (κ2) is 8.46. The lowest BCUT2D eigenvalue weighted by molar-refractivity contribution is 0.284. The minimum Gasteiger partial charge on any atom is -0.486 e. The highest BCUT2D eigenvalue weighted by molar-refractivity contribution is 6.30. The zero-order chi connectivity index (χ0) is 16.2. The Labute approximate surface area is 150 Å². The van der Waals surface area contributed by atoms with E-state index >= 15 is 0 Å². The van der Waals surface area contributed by atoms with Gasteiger partial charge in [-0.25, -0.2) is 13.8 Å². The van der Waals surface area contributed by atoms with Crippen LogP contribution in [0.2, 0.25) is 5.02 Å². The van der Waals surface area contributed by atoms with E-state index in [9.17, 15) is 8.78 Å². The number of piperazine rings is 1. The molecule has 0 atom stereocenters. The van der Waals surface area contributed by atoms with Gasteiger partial charge in [0.25, 0.3) is 0 Å². The van der Waals surface area contributed by atoms with Gasteiger partial charge in [-0.15, -0.1) is 12.4 Å². The zero-order valence-corrected chi connectivity index (χ0v) is 14.3. The maximum atomic E-state index is 13.9. The first-order valence-electron chi connectivity index (χ1n) is 7.31. The molecule has 8 heteroatoms. The normalized spacial score (nSPS) is 14.2. The molecule has 0 aliphatic carbocycles. The summed E-state index contributed by atoms with van der Waals surface area (Å²) in [4.78, 5) is 6.15. The Kier molecular flexibility index (Phi) is 6.60. The fraction of sp³-hybridized carbons (Fsp3) is 0.312. The van der Waals surface area contributed by atoms with Gasteiger partial charge in [0.15, 0.2) is 11.6 Å². The molecule has 1 aliphatic heterocycles. The third-order valence-electron chi connectivity index (χ3n) is 3.65. The summed E-state index contributed by atoms with van der Waals surface area (Å²) in [5.74, 6) is -0.338. The molecule has 2 heterocycles. The smallest absolute Gasteiger partial charge is 0.183 e. The predicted molar refractivity (Wildman–Crippen MR) is 92.3 cm³/mol. The third kappa shape index (κ3) is 4.47. The molecule has 4 nitrogen and oxygen atoms in total. The number of anilines is 1. The van der Waals surface area contributed by atoms with Crippen LogP contribution < -0.4 is 15.0 Å². The highest BCUT2D eigenvalue weighted by Gasteiger charge is 2.15. The largest absolute Gasteiger partial charge is 0.486 e. The molecule has 1 N–H and O–H groups in total. The molecule has 3 rings (SSSR count). The van der Waals surface area contributed by atoms with E-state index in [1.165, 1.54) is 12.1 Å². The maximum absolute atomic E-state index is 13.9. The van der Waals surface area contributed by atoms with Crippen molar-refractivity contribution >= 4 is 29.8 Å². The van der Waals surface area contributed by atoms with E-state index < -0.39 is 11.6 Å². The van der Waals surface area contributed by atoms with Gasteiger partial charge in [-0.1, -0.05) is 17.7 Å². The minimum atomic E-state index is -0.571. The van der Waals surface area contributed by atoms with Crippen molar-refractivity contribution < 1.29 is 13.5 Å². The van der Waals surface area contributed by atoms with Crippen molar-refractivity contribution in [3.05, 3.63) is 52.7 Å². The summed E-state index contributed by atoms with van der Waals surface area (Å²) in [6.45, 7) is 3.22. The third-order valence-corrected chi connectivity index (χ3v) is 3.88. The van der Waals surface area contributed by atoms with Gasteiger partial charge in [0.1, 0.15) is 18.2 Å². The summed E-state index contributed by atoms with van der Waals surface area (Å²) >= 11 is 5.71. The van der Waals surface area contributed by atoms with Gasteiger partial charge < -0.3 is 15.0 Å².